The summed E-state index contributed by atoms with van der Waals surface area (Å²) in [4.78, 5) is 2.74. The number of nitrogens with one attached hydrogen (secondary N) is 1. The summed E-state index contributed by atoms with van der Waals surface area (Å²) in [7, 11) is 0. The maximum atomic E-state index is 3.65. The quantitative estimate of drug-likeness (QED) is 0.746. The topological polar surface area (TPSA) is 15.3 Å². The van der Waals surface area contributed by atoms with Crippen molar-refractivity contribution in [1.29, 1.82) is 0 Å². The van der Waals surface area contributed by atoms with Gasteiger partial charge in [0, 0.05) is 18.6 Å². The summed E-state index contributed by atoms with van der Waals surface area (Å²) in [6, 6.07) is 1.74. The molecule has 1 saturated carbocycles. The standard InChI is InChI=1S/C14H28N2/c1-3-14-6-4-5-9-16(14)11-12(2)10-15-13-7-8-13/h12-15H,3-11H2,1-2H3. The molecule has 2 rings (SSSR count). The lowest BCUT2D eigenvalue weighted by atomic mass is 9.98. The summed E-state index contributed by atoms with van der Waals surface area (Å²) >= 11 is 0. The Balaban J connectivity index is 1.68. The minimum Gasteiger partial charge on any atom is -0.314 e. The van der Waals surface area contributed by atoms with Crippen LogP contribution in [0.5, 0.6) is 0 Å². The molecular weight excluding hydrogens is 196 g/mol. The zero-order chi connectivity index (χ0) is 11.4. The third-order valence-corrected chi connectivity index (χ3v) is 4.10. The van der Waals surface area contributed by atoms with Gasteiger partial charge in [-0.2, -0.15) is 0 Å². The van der Waals surface area contributed by atoms with Crippen molar-refractivity contribution in [2.45, 2.75) is 64.5 Å². The predicted octanol–water partition coefficient (Wildman–Crippen LogP) is 2.64. The van der Waals surface area contributed by atoms with Gasteiger partial charge in [-0.15, -0.1) is 0 Å². The van der Waals surface area contributed by atoms with Gasteiger partial charge in [-0.3, -0.25) is 0 Å². The van der Waals surface area contributed by atoms with Gasteiger partial charge in [0.05, 0.1) is 0 Å². The predicted molar refractivity (Wildman–Crippen MR) is 69.7 cm³/mol. The van der Waals surface area contributed by atoms with Gasteiger partial charge in [-0.1, -0.05) is 20.3 Å². The molecular formula is C14H28N2. The second-order valence-electron chi connectivity index (χ2n) is 5.84. The number of likely N-dealkylation sites (tertiary alicyclic amines) is 1. The summed E-state index contributed by atoms with van der Waals surface area (Å²) in [5.41, 5.74) is 0. The highest BCUT2D eigenvalue weighted by atomic mass is 15.2. The smallest absolute Gasteiger partial charge is 0.00927 e. The first-order valence-corrected chi connectivity index (χ1v) is 7.27. The van der Waals surface area contributed by atoms with Crippen molar-refractivity contribution in [1.82, 2.24) is 10.2 Å². The van der Waals surface area contributed by atoms with E-state index in [0.717, 1.165) is 18.0 Å². The molecule has 2 nitrogen and oxygen atoms in total. The molecule has 0 aromatic rings. The van der Waals surface area contributed by atoms with E-state index in [9.17, 15) is 0 Å². The van der Waals surface area contributed by atoms with Gasteiger partial charge >= 0.3 is 0 Å². The monoisotopic (exact) mass is 224 g/mol. The highest BCUT2D eigenvalue weighted by Gasteiger charge is 2.24. The maximum absolute atomic E-state index is 3.65. The van der Waals surface area contributed by atoms with Crippen LogP contribution in [0.3, 0.4) is 0 Å². The summed E-state index contributed by atoms with van der Waals surface area (Å²) in [6.45, 7) is 8.61. The van der Waals surface area contributed by atoms with Crippen molar-refractivity contribution < 1.29 is 0 Å². The van der Waals surface area contributed by atoms with E-state index in [0.29, 0.717) is 0 Å². The Hall–Kier alpha value is -0.0800. The van der Waals surface area contributed by atoms with E-state index >= 15 is 0 Å². The highest BCUT2D eigenvalue weighted by molar-refractivity contribution is 4.83. The Labute approximate surface area is 101 Å². The van der Waals surface area contributed by atoms with Gasteiger partial charge in [-0.25, -0.2) is 0 Å². The van der Waals surface area contributed by atoms with Crippen LogP contribution >= 0.6 is 0 Å². The van der Waals surface area contributed by atoms with Gasteiger partial charge in [0.1, 0.15) is 0 Å². The van der Waals surface area contributed by atoms with Crippen molar-refractivity contribution in [2.75, 3.05) is 19.6 Å². The molecule has 1 N–H and O–H groups in total. The molecule has 0 amide bonds. The van der Waals surface area contributed by atoms with Crippen LogP contribution in [0.15, 0.2) is 0 Å². The Morgan fingerprint density at radius 1 is 1.25 bits per heavy atom. The van der Waals surface area contributed by atoms with Crippen LogP contribution in [-0.4, -0.2) is 36.6 Å². The fourth-order valence-electron chi connectivity index (χ4n) is 2.88. The molecule has 0 aromatic carbocycles. The van der Waals surface area contributed by atoms with Crippen LogP contribution in [0.1, 0.15) is 52.4 Å². The molecule has 2 unspecified atom stereocenters. The third kappa shape index (κ3) is 3.74. The van der Waals surface area contributed by atoms with Crippen molar-refractivity contribution in [3.8, 4) is 0 Å². The van der Waals surface area contributed by atoms with Crippen LogP contribution in [-0.2, 0) is 0 Å². The lowest BCUT2D eigenvalue weighted by Crippen LogP contribution is -2.43. The minimum absolute atomic E-state index is 0.813. The molecule has 1 heterocycles. The fourth-order valence-corrected chi connectivity index (χ4v) is 2.88. The van der Waals surface area contributed by atoms with Crippen molar-refractivity contribution >= 4 is 0 Å². The molecule has 1 aliphatic carbocycles. The van der Waals surface area contributed by atoms with Gasteiger partial charge in [0.25, 0.3) is 0 Å². The van der Waals surface area contributed by atoms with E-state index in [1.807, 2.05) is 0 Å². The third-order valence-electron chi connectivity index (χ3n) is 4.10. The van der Waals surface area contributed by atoms with Crippen LogP contribution in [0.4, 0.5) is 0 Å². The molecule has 2 atom stereocenters. The summed E-state index contributed by atoms with van der Waals surface area (Å²) in [5, 5.41) is 3.65. The van der Waals surface area contributed by atoms with Gasteiger partial charge in [0.2, 0.25) is 0 Å². The van der Waals surface area contributed by atoms with E-state index in [1.165, 1.54) is 58.2 Å². The van der Waals surface area contributed by atoms with E-state index in [-0.39, 0.29) is 0 Å². The van der Waals surface area contributed by atoms with E-state index in [1.54, 1.807) is 0 Å². The molecule has 0 aromatic heterocycles. The average Bonchev–Trinajstić information content (AvgIpc) is 3.11. The summed E-state index contributed by atoms with van der Waals surface area (Å²) in [5.74, 6) is 0.813. The normalized spacial score (nSPS) is 29.2. The Kier molecular flexibility index (Phi) is 4.66. The largest absolute Gasteiger partial charge is 0.314 e. The number of hydrogen-bond acceptors (Lipinski definition) is 2. The lowest BCUT2D eigenvalue weighted by Gasteiger charge is -2.37. The Morgan fingerprint density at radius 3 is 2.75 bits per heavy atom. The average molecular weight is 224 g/mol. The zero-order valence-electron chi connectivity index (χ0n) is 11.0. The Bertz CT molecular complexity index is 201. The molecule has 0 spiro atoms. The van der Waals surface area contributed by atoms with E-state index < -0.39 is 0 Å². The number of hydrogen-bond donors (Lipinski definition) is 1. The summed E-state index contributed by atoms with van der Waals surface area (Å²) in [6.07, 6.45) is 8.45. The second kappa shape index (κ2) is 6.02. The first-order valence-electron chi connectivity index (χ1n) is 7.27. The molecule has 2 heteroatoms. The van der Waals surface area contributed by atoms with Crippen molar-refractivity contribution in [3.63, 3.8) is 0 Å². The summed E-state index contributed by atoms with van der Waals surface area (Å²) < 4.78 is 0. The van der Waals surface area contributed by atoms with Crippen LogP contribution in [0.2, 0.25) is 0 Å². The lowest BCUT2D eigenvalue weighted by molar-refractivity contribution is 0.124. The minimum atomic E-state index is 0.813. The van der Waals surface area contributed by atoms with Crippen LogP contribution in [0.25, 0.3) is 0 Å². The van der Waals surface area contributed by atoms with Crippen LogP contribution in [0, 0.1) is 5.92 Å². The molecule has 1 saturated heterocycles. The highest BCUT2D eigenvalue weighted by Crippen LogP contribution is 2.21. The van der Waals surface area contributed by atoms with Gasteiger partial charge < -0.3 is 10.2 Å². The van der Waals surface area contributed by atoms with Gasteiger partial charge in [0.15, 0.2) is 0 Å². The molecule has 16 heavy (non-hydrogen) atoms. The molecule has 0 radical (unpaired) electrons. The molecule has 0 bridgehead atoms. The number of piperidine rings is 1. The number of rotatable bonds is 6. The molecule has 2 aliphatic rings. The van der Waals surface area contributed by atoms with Crippen molar-refractivity contribution in [2.24, 2.45) is 5.92 Å². The Morgan fingerprint density at radius 2 is 2.06 bits per heavy atom. The first kappa shape index (κ1) is 12.4. The molecule has 1 aliphatic heterocycles. The van der Waals surface area contributed by atoms with E-state index in [2.05, 4.69) is 24.1 Å². The molecule has 94 valence electrons. The van der Waals surface area contributed by atoms with Gasteiger partial charge in [-0.05, 0) is 51.1 Å². The van der Waals surface area contributed by atoms with E-state index in [4.69, 9.17) is 0 Å². The van der Waals surface area contributed by atoms with Crippen molar-refractivity contribution in [3.05, 3.63) is 0 Å². The number of nitrogens with zero attached hydrogens (tertiary/aromatic N) is 1. The second-order valence-corrected chi connectivity index (χ2v) is 5.84. The molecule has 2 fully saturated rings. The van der Waals surface area contributed by atoms with Crippen LogP contribution < -0.4 is 5.32 Å². The zero-order valence-corrected chi connectivity index (χ0v) is 11.0. The SMILES string of the molecule is CCC1CCCCN1CC(C)CNC1CC1. The maximum Gasteiger partial charge on any atom is 0.00927 e. The fraction of sp³-hybridized carbons (Fsp3) is 1.00. The first-order chi connectivity index (χ1) is 7.79.